The Kier molecular flexibility index (Phi) is 7.24. The van der Waals surface area contributed by atoms with E-state index in [1.165, 1.54) is 18.8 Å². The number of hydrogen-bond donors (Lipinski definition) is 0. The van der Waals surface area contributed by atoms with Crippen molar-refractivity contribution >= 4 is 11.9 Å². The van der Waals surface area contributed by atoms with Gasteiger partial charge in [-0.2, -0.15) is 0 Å². The van der Waals surface area contributed by atoms with Crippen LogP contribution in [0.2, 0.25) is 0 Å². The fourth-order valence-corrected chi connectivity index (χ4v) is 2.77. The molecule has 0 aliphatic carbocycles. The zero-order valence-corrected chi connectivity index (χ0v) is 16.5. The zero-order valence-electron chi connectivity index (χ0n) is 16.5. The number of carbonyl (C=O) groups is 1. The maximum absolute atomic E-state index is 13.0. The summed E-state index contributed by atoms with van der Waals surface area (Å²) in [7, 11) is 4.68. The highest BCUT2D eigenvalue weighted by molar-refractivity contribution is 6.11. The SMILES string of the molecule is COc1cc(OC)c(C(=O)C=Cc2ccccc2)c(OC)c1CC=C(C)C. The van der Waals surface area contributed by atoms with Crippen molar-refractivity contribution in [3.8, 4) is 17.2 Å². The van der Waals surface area contributed by atoms with Crippen LogP contribution in [0, 0.1) is 0 Å². The van der Waals surface area contributed by atoms with E-state index in [0.717, 1.165) is 11.1 Å². The smallest absolute Gasteiger partial charge is 0.193 e. The molecular weight excluding hydrogens is 340 g/mol. The van der Waals surface area contributed by atoms with Gasteiger partial charge in [0.2, 0.25) is 0 Å². The molecule has 0 heterocycles. The summed E-state index contributed by atoms with van der Waals surface area (Å²) in [5, 5.41) is 0. The molecule has 142 valence electrons. The number of allylic oxidation sites excluding steroid dienone is 3. The molecule has 0 saturated heterocycles. The van der Waals surface area contributed by atoms with Gasteiger partial charge < -0.3 is 14.2 Å². The molecule has 0 fully saturated rings. The second-order valence-corrected chi connectivity index (χ2v) is 6.26. The summed E-state index contributed by atoms with van der Waals surface area (Å²) >= 11 is 0. The average molecular weight is 366 g/mol. The van der Waals surface area contributed by atoms with Crippen molar-refractivity contribution in [3.05, 3.63) is 70.8 Å². The van der Waals surface area contributed by atoms with Crippen LogP contribution in [0.1, 0.15) is 35.3 Å². The van der Waals surface area contributed by atoms with Crippen molar-refractivity contribution in [2.75, 3.05) is 21.3 Å². The summed E-state index contributed by atoms with van der Waals surface area (Å²) in [5.41, 5.74) is 3.33. The molecule has 0 aliphatic heterocycles. The average Bonchev–Trinajstić information content (AvgIpc) is 2.69. The molecule has 0 aromatic heterocycles. The van der Waals surface area contributed by atoms with Gasteiger partial charge in [-0.1, -0.05) is 48.1 Å². The molecule has 0 aliphatic rings. The first-order chi connectivity index (χ1) is 13.0. The van der Waals surface area contributed by atoms with Gasteiger partial charge >= 0.3 is 0 Å². The van der Waals surface area contributed by atoms with Gasteiger partial charge in [-0.05, 0) is 31.9 Å². The lowest BCUT2D eigenvalue weighted by molar-refractivity contribution is 0.104. The molecule has 0 atom stereocenters. The van der Waals surface area contributed by atoms with Crippen LogP contribution >= 0.6 is 0 Å². The fraction of sp³-hybridized carbons (Fsp3) is 0.261. The van der Waals surface area contributed by atoms with E-state index in [1.54, 1.807) is 26.4 Å². The molecule has 0 N–H and O–H groups in total. The van der Waals surface area contributed by atoms with Crippen LogP contribution in [0.4, 0.5) is 0 Å². The highest BCUT2D eigenvalue weighted by Crippen LogP contribution is 2.40. The summed E-state index contributed by atoms with van der Waals surface area (Å²) in [6.45, 7) is 4.05. The molecule has 0 unspecified atom stereocenters. The number of benzene rings is 2. The van der Waals surface area contributed by atoms with E-state index in [-0.39, 0.29) is 5.78 Å². The third kappa shape index (κ3) is 5.00. The van der Waals surface area contributed by atoms with E-state index in [0.29, 0.717) is 29.2 Å². The van der Waals surface area contributed by atoms with Crippen LogP contribution in [0.5, 0.6) is 17.2 Å². The number of methoxy groups -OCH3 is 3. The Morgan fingerprint density at radius 2 is 1.63 bits per heavy atom. The topological polar surface area (TPSA) is 44.8 Å². The minimum atomic E-state index is -0.186. The van der Waals surface area contributed by atoms with Crippen molar-refractivity contribution in [1.82, 2.24) is 0 Å². The molecule has 0 radical (unpaired) electrons. The second kappa shape index (κ2) is 9.62. The first-order valence-corrected chi connectivity index (χ1v) is 8.74. The van der Waals surface area contributed by atoms with Gasteiger partial charge in [0, 0.05) is 11.6 Å². The second-order valence-electron chi connectivity index (χ2n) is 6.26. The molecule has 0 bridgehead atoms. The lowest BCUT2D eigenvalue weighted by Crippen LogP contribution is -2.07. The maximum Gasteiger partial charge on any atom is 0.193 e. The largest absolute Gasteiger partial charge is 0.496 e. The Morgan fingerprint density at radius 3 is 2.19 bits per heavy atom. The van der Waals surface area contributed by atoms with Crippen molar-refractivity contribution in [2.45, 2.75) is 20.3 Å². The standard InChI is InChI=1S/C23H26O4/c1-16(2)11-13-18-20(25-3)15-21(26-4)22(23(18)27-5)19(24)14-12-17-9-7-6-8-10-17/h6-12,14-15H,13H2,1-5H3. The van der Waals surface area contributed by atoms with Gasteiger partial charge in [0.1, 0.15) is 22.8 Å². The predicted octanol–water partition coefficient (Wildman–Crippen LogP) is 5.12. The Balaban J connectivity index is 2.55. The summed E-state index contributed by atoms with van der Waals surface area (Å²) in [6, 6.07) is 11.4. The van der Waals surface area contributed by atoms with E-state index in [4.69, 9.17) is 14.2 Å². The molecule has 4 nitrogen and oxygen atoms in total. The van der Waals surface area contributed by atoms with Gasteiger partial charge in [-0.3, -0.25) is 4.79 Å². The van der Waals surface area contributed by atoms with Crippen LogP contribution in [0.15, 0.2) is 54.1 Å². The first kappa shape index (κ1) is 20.3. The monoisotopic (exact) mass is 366 g/mol. The molecule has 4 heteroatoms. The summed E-state index contributed by atoms with van der Waals surface area (Å²) in [4.78, 5) is 13.0. The van der Waals surface area contributed by atoms with Crippen molar-refractivity contribution in [3.63, 3.8) is 0 Å². The zero-order chi connectivity index (χ0) is 19.8. The lowest BCUT2D eigenvalue weighted by atomic mass is 9.99. The Hall–Kier alpha value is -3.01. The Morgan fingerprint density at radius 1 is 0.963 bits per heavy atom. The molecule has 0 amide bonds. The van der Waals surface area contributed by atoms with Crippen molar-refractivity contribution in [2.24, 2.45) is 0 Å². The minimum Gasteiger partial charge on any atom is -0.496 e. The van der Waals surface area contributed by atoms with Crippen molar-refractivity contribution < 1.29 is 19.0 Å². The van der Waals surface area contributed by atoms with Gasteiger partial charge in [-0.15, -0.1) is 0 Å². The molecule has 2 aromatic carbocycles. The number of hydrogen-bond acceptors (Lipinski definition) is 4. The maximum atomic E-state index is 13.0. The molecular formula is C23H26O4. The minimum absolute atomic E-state index is 0.186. The third-order valence-corrected chi connectivity index (χ3v) is 4.14. The number of rotatable bonds is 8. The van der Waals surface area contributed by atoms with Gasteiger partial charge in [0.05, 0.1) is 21.3 Å². The van der Waals surface area contributed by atoms with E-state index in [2.05, 4.69) is 6.08 Å². The first-order valence-electron chi connectivity index (χ1n) is 8.74. The van der Waals surface area contributed by atoms with Crippen LogP contribution in [-0.4, -0.2) is 27.1 Å². The highest BCUT2D eigenvalue weighted by atomic mass is 16.5. The quantitative estimate of drug-likeness (QED) is 0.370. The van der Waals surface area contributed by atoms with E-state index < -0.39 is 0 Å². The van der Waals surface area contributed by atoms with Crippen LogP contribution in [0.3, 0.4) is 0 Å². The van der Waals surface area contributed by atoms with Crippen LogP contribution in [-0.2, 0) is 6.42 Å². The molecule has 0 saturated carbocycles. The van der Waals surface area contributed by atoms with E-state index in [1.807, 2.05) is 44.2 Å². The fourth-order valence-electron chi connectivity index (χ4n) is 2.77. The third-order valence-electron chi connectivity index (χ3n) is 4.14. The summed E-state index contributed by atoms with van der Waals surface area (Å²) in [6.07, 6.45) is 5.98. The number of carbonyl (C=O) groups excluding carboxylic acids is 1. The molecule has 2 rings (SSSR count). The Labute approximate surface area is 161 Å². The Bertz CT molecular complexity index is 844. The lowest BCUT2D eigenvalue weighted by Gasteiger charge is -2.18. The van der Waals surface area contributed by atoms with Gasteiger partial charge in [-0.25, -0.2) is 0 Å². The normalized spacial score (nSPS) is 10.6. The van der Waals surface area contributed by atoms with E-state index in [9.17, 15) is 4.79 Å². The summed E-state index contributed by atoms with van der Waals surface area (Å²) < 4.78 is 16.6. The van der Waals surface area contributed by atoms with Crippen molar-refractivity contribution in [1.29, 1.82) is 0 Å². The molecule has 0 spiro atoms. The predicted molar refractivity (Wildman–Crippen MR) is 109 cm³/mol. The molecule has 2 aromatic rings. The van der Waals surface area contributed by atoms with Gasteiger partial charge in [0.25, 0.3) is 0 Å². The van der Waals surface area contributed by atoms with E-state index >= 15 is 0 Å². The highest BCUT2D eigenvalue weighted by Gasteiger charge is 2.23. The summed E-state index contributed by atoms with van der Waals surface area (Å²) in [5.74, 6) is 1.34. The van der Waals surface area contributed by atoms with Crippen LogP contribution < -0.4 is 14.2 Å². The van der Waals surface area contributed by atoms with Crippen LogP contribution in [0.25, 0.3) is 6.08 Å². The van der Waals surface area contributed by atoms with Gasteiger partial charge in [0.15, 0.2) is 5.78 Å². The molecule has 27 heavy (non-hydrogen) atoms. The number of ketones is 1. The number of ether oxygens (including phenoxy) is 3.